The summed E-state index contributed by atoms with van der Waals surface area (Å²) < 4.78 is 130. The Morgan fingerprint density at radius 3 is 2.16 bits per heavy atom. The summed E-state index contributed by atoms with van der Waals surface area (Å²) in [4.78, 5) is 11.0. The molecule has 2 fully saturated rings. The molecular weight excluding hydrogens is 774 g/mol. The van der Waals surface area contributed by atoms with Gasteiger partial charge in [0.2, 0.25) is 5.91 Å². The van der Waals surface area contributed by atoms with Gasteiger partial charge in [-0.25, -0.2) is 8.42 Å². The number of azo groups is 1. The number of benzene rings is 4. The maximum absolute atomic E-state index is 13.7. The van der Waals surface area contributed by atoms with Crippen LogP contribution < -0.4 is 5.32 Å². The van der Waals surface area contributed by atoms with Gasteiger partial charge >= 0.3 is 0 Å². The molecule has 4 unspecified atom stereocenters. The predicted molar refractivity (Wildman–Crippen MR) is 184 cm³/mol. The minimum absolute atomic E-state index is 0.0234. The maximum Gasteiger partial charge on any atom is 0.297 e. The van der Waals surface area contributed by atoms with Crippen molar-refractivity contribution in [3.05, 3.63) is 54.6 Å². The number of anilines is 1. The highest BCUT2D eigenvalue weighted by atomic mass is 35.5. The summed E-state index contributed by atoms with van der Waals surface area (Å²) in [6.07, 6.45) is 1.09. The van der Waals surface area contributed by atoms with Crippen LogP contribution in [-0.4, -0.2) is 75.2 Å². The molecule has 2 aliphatic rings. The number of amides is 1. The predicted octanol–water partition coefficient (Wildman–Crippen LogP) is 4.86. The fourth-order valence-corrected chi connectivity index (χ4v) is 11.8. The average molecular weight is 802 g/mol. The number of phenols is 1. The summed E-state index contributed by atoms with van der Waals surface area (Å²) in [5, 5.41) is 20.2. The van der Waals surface area contributed by atoms with Gasteiger partial charge in [0.05, 0.1) is 21.6 Å². The molecule has 272 valence electrons. The molecule has 51 heavy (non-hydrogen) atoms. The van der Waals surface area contributed by atoms with Crippen LogP contribution in [0.3, 0.4) is 0 Å². The second-order valence-electron chi connectivity index (χ2n) is 12.3. The molecule has 0 radical (unpaired) electrons. The fraction of sp³-hybridized carbons (Fsp3) is 0.300. The van der Waals surface area contributed by atoms with Crippen LogP contribution >= 0.6 is 11.6 Å². The summed E-state index contributed by atoms with van der Waals surface area (Å²) >= 11 is 5.70. The number of rotatable bonds is 10. The number of fused-ring (bicyclic) bond motifs is 4. The number of sulfone groups is 1. The topological polar surface area (TPSA) is 271 Å². The molecule has 6 rings (SSSR count). The Labute approximate surface area is 296 Å². The van der Waals surface area contributed by atoms with Crippen LogP contribution in [0.4, 0.5) is 17.1 Å². The van der Waals surface area contributed by atoms with E-state index in [-0.39, 0.29) is 22.9 Å². The second-order valence-corrected chi connectivity index (χ2v) is 19.2. The molecule has 0 saturated heterocycles. The first-order valence-corrected chi connectivity index (χ1v) is 21.6. The quantitative estimate of drug-likeness (QED) is 0.0815. The molecule has 2 saturated carbocycles. The lowest BCUT2D eigenvalue weighted by Crippen LogP contribution is -2.39. The standard InChI is InChI=1S/C30H28ClN3O13S4/c31-7-8-48(37,38)24-11-15-9-20(24)21(10-15)30(36)32-23-14-18(49(39,40)41)12-17-13-25(50(42,43)44)27(28(35)26(17)23)34-33-22-6-5-16-3-1-2-4-19(16)29(22)51(45,46)47/h1-6,12-15,20-21,24,35H,7-11H2,(H,32,36)(H,39,40,41)(H,42,43,44)(H,45,46,47). The van der Waals surface area contributed by atoms with Gasteiger partial charge in [-0.05, 0) is 66.1 Å². The molecule has 21 heteroatoms. The van der Waals surface area contributed by atoms with Crippen LogP contribution in [0.1, 0.15) is 19.3 Å². The van der Waals surface area contributed by atoms with E-state index in [1.165, 1.54) is 18.2 Å². The molecule has 16 nitrogen and oxygen atoms in total. The molecule has 2 bridgehead atoms. The van der Waals surface area contributed by atoms with Crippen molar-refractivity contribution in [1.82, 2.24) is 0 Å². The third kappa shape index (κ3) is 7.06. The highest BCUT2D eigenvalue weighted by Gasteiger charge is 2.53. The number of nitrogens with one attached hydrogen (secondary N) is 1. The highest BCUT2D eigenvalue weighted by Crippen LogP contribution is 2.52. The van der Waals surface area contributed by atoms with Gasteiger partial charge in [-0.1, -0.05) is 30.3 Å². The summed E-state index contributed by atoms with van der Waals surface area (Å²) in [6.45, 7) is 0. The van der Waals surface area contributed by atoms with Crippen molar-refractivity contribution in [3.8, 4) is 5.75 Å². The third-order valence-electron chi connectivity index (χ3n) is 9.24. The zero-order valence-electron chi connectivity index (χ0n) is 25.9. The number of halogens is 1. The van der Waals surface area contributed by atoms with Crippen LogP contribution in [0.5, 0.6) is 5.75 Å². The smallest absolute Gasteiger partial charge is 0.297 e. The second kappa shape index (κ2) is 13.0. The Morgan fingerprint density at radius 1 is 0.824 bits per heavy atom. The van der Waals surface area contributed by atoms with Gasteiger partial charge in [0.15, 0.2) is 15.6 Å². The van der Waals surface area contributed by atoms with E-state index in [1.807, 2.05) is 0 Å². The third-order valence-corrected chi connectivity index (χ3v) is 14.5. The van der Waals surface area contributed by atoms with Crippen molar-refractivity contribution in [1.29, 1.82) is 0 Å². The summed E-state index contributed by atoms with van der Waals surface area (Å²) in [5.41, 5.74) is -1.93. The first-order chi connectivity index (χ1) is 23.7. The minimum atomic E-state index is -5.30. The lowest BCUT2D eigenvalue weighted by molar-refractivity contribution is -0.121. The molecule has 0 aromatic heterocycles. The Balaban J connectivity index is 1.51. The lowest BCUT2D eigenvalue weighted by Gasteiger charge is -2.28. The monoisotopic (exact) mass is 801 g/mol. The molecule has 2 aliphatic carbocycles. The number of carbonyl (C=O) groups is 1. The molecule has 0 heterocycles. The number of phenolic OH excluding ortho intramolecular Hbond substituents is 1. The number of nitrogens with zero attached hydrogens (tertiary/aromatic N) is 2. The molecule has 4 atom stereocenters. The lowest BCUT2D eigenvalue weighted by atomic mass is 9.87. The van der Waals surface area contributed by atoms with Gasteiger partial charge in [-0.15, -0.1) is 21.8 Å². The highest BCUT2D eigenvalue weighted by molar-refractivity contribution is 7.92. The number of alkyl halides is 1. The van der Waals surface area contributed by atoms with Crippen molar-refractivity contribution >= 4 is 96.3 Å². The van der Waals surface area contributed by atoms with E-state index in [9.17, 15) is 57.2 Å². The van der Waals surface area contributed by atoms with Crippen molar-refractivity contribution in [2.75, 3.05) is 16.9 Å². The number of aromatic hydroxyl groups is 1. The molecule has 1 amide bonds. The molecule has 0 aliphatic heterocycles. The Hall–Kier alpha value is -3.76. The Bertz CT molecular complexity index is 2610. The zero-order valence-corrected chi connectivity index (χ0v) is 29.9. The van der Waals surface area contributed by atoms with Gasteiger partial charge in [0, 0.05) is 22.6 Å². The SMILES string of the molecule is O=C(Nc1cc(S(=O)(=O)O)cc2cc(S(=O)(=O)O)c(N=Nc3ccc4ccccc4c3S(=O)(=O)O)c(O)c12)C1CC2CC1C(S(=O)(=O)CCCl)C2. The first-order valence-electron chi connectivity index (χ1n) is 15.0. The Kier molecular flexibility index (Phi) is 9.45. The number of hydrogen-bond donors (Lipinski definition) is 5. The van der Waals surface area contributed by atoms with Crippen LogP contribution in [0.2, 0.25) is 0 Å². The summed E-state index contributed by atoms with van der Waals surface area (Å²) in [7, 11) is -18.9. The van der Waals surface area contributed by atoms with Gasteiger partial charge < -0.3 is 10.4 Å². The zero-order chi connectivity index (χ0) is 37.3. The van der Waals surface area contributed by atoms with Gasteiger partial charge in [-0.3, -0.25) is 18.5 Å². The van der Waals surface area contributed by atoms with Gasteiger partial charge in [0.25, 0.3) is 30.4 Å². The van der Waals surface area contributed by atoms with Crippen molar-refractivity contribution in [3.63, 3.8) is 0 Å². The molecule has 4 aromatic rings. The summed E-state index contributed by atoms with van der Waals surface area (Å²) in [6, 6.07) is 10.8. The van der Waals surface area contributed by atoms with E-state index in [0.29, 0.717) is 30.7 Å². The number of carbonyl (C=O) groups excluding carboxylic acids is 1. The van der Waals surface area contributed by atoms with Gasteiger partial charge in [-0.2, -0.15) is 25.3 Å². The van der Waals surface area contributed by atoms with E-state index >= 15 is 0 Å². The van der Waals surface area contributed by atoms with E-state index in [1.54, 1.807) is 12.1 Å². The largest absolute Gasteiger partial charge is 0.505 e. The summed E-state index contributed by atoms with van der Waals surface area (Å²) in [5.74, 6) is -3.81. The Morgan fingerprint density at radius 2 is 1.53 bits per heavy atom. The maximum atomic E-state index is 13.7. The van der Waals surface area contributed by atoms with Crippen LogP contribution in [-0.2, 0) is 45.0 Å². The molecule has 5 N–H and O–H groups in total. The van der Waals surface area contributed by atoms with Crippen molar-refractivity contribution in [2.24, 2.45) is 28.0 Å². The van der Waals surface area contributed by atoms with Gasteiger partial charge in [0.1, 0.15) is 21.2 Å². The van der Waals surface area contributed by atoms with Crippen LogP contribution in [0.15, 0.2) is 79.5 Å². The first kappa shape index (κ1) is 37.0. The average Bonchev–Trinajstić information content (AvgIpc) is 3.65. The van der Waals surface area contributed by atoms with E-state index in [2.05, 4.69) is 15.5 Å². The van der Waals surface area contributed by atoms with Crippen molar-refractivity contribution < 1.29 is 57.2 Å². The molecular formula is C30H28ClN3O13S4. The molecule has 0 spiro atoms. The minimum Gasteiger partial charge on any atom is -0.505 e. The van der Waals surface area contributed by atoms with Crippen LogP contribution in [0.25, 0.3) is 21.5 Å². The number of hydrogen-bond acceptors (Lipinski definition) is 12. The van der Waals surface area contributed by atoms with E-state index in [4.69, 9.17) is 11.6 Å². The fourth-order valence-electron chi connectivity index (χ4n) is 7.17. The molecule has 4 aromatic carbocycles. The van der Waals surface area contributed by atoms with Crippen LogP contribution in [0, 0.1) is 17.8 Å². The van der Waals surface area contributed by atoms with E-state index in [0.717, 1.165) is 18.2 Å². The normalized spacial score (nSPS) is 21.2. The van der Waals surface area contributed by atoms with E-state index < -0.39 is 111 Å². The van der Waals surface area contributed by atoms with Crippen molar-refractivity contribution in [2.45, 2.75) is 39.2 Å².